The zero-order chi connectivity index (χ0) is 11.8. The fraction of sp³-hybridized carbons (Fsp3) is 0.500. The van der Waals surface area contributed by atoms with Crippen LogP contribution in [-0.2, 0) is 16.0 Å². The molecule has 1 heterocycles. The Balaban J connectivity index is 1.97. The predicted molar refractivity (Wildman–Crippen MR) is 64.6 cm³/mol. The van der Waals surface area contributed by atoms with E-state index in [9.17, 15) is 4.79 Å². The lowest BCUT2D eigenvalue weighted by molar-refractivity contribution is -0.158. The number of hydrogen-bond acceptors (Lipinski definition) is 2. The molecule has 3 rings (SSSR count). The summed E-state index contributed by atoms with van der Waals surface area (Å²) in [4.78, 5) is 13.8. The molecule has 0 aromatic heterocycles. The molecular formula is C14H17NO2. The number of morpholine rings is 1. The van der Waals surface area contributed by atoms with Gasteiger partial charge in [-0.2, -0.15) is 0 Å². The first-order valence-corrected chi connectivity index (χ1v) is 6.30. The normalized spacial score (nSPS) is 27.6. The van der Waals surface area contributed by atoms with Crippen LogP contribution in [0.2, 0.25) is 0 Å². The number of fused-ring (bicyclic) bond motifs is 3. The van der Waals surface area contributed by atoms with Crippen molar-refractivity contribution in [2.75, 3.05) is 13.2 Å². The molecule has 1 fully saturated rings. The molecule has 3 nitrogen and oxygen atoms in total. The number of amides is 1. The molecule has 0 N–H and O–H groups in total. The van der Waals surface area contributed by atoms with Crippen LogP contribution in [0.25, 0.3) is 0 Å². The van der Waals surface area contributed by atoms with E-state index in [2.05, 4.69) is 24.3 Å². The summed E-state index contributed by atoms with van der Waals surface area (Å²) in [5.41, 5.74) is 2.65. The monoisotopic (exact) mass is 231 g/mol. The Kier molecular flexibility index (Phi) is 2.63. The number of carbonyl (C=O) groups excluding carboxylic acids is 1. The predicted octanol–water partition coefficient (Wildman–Crippen LogP) is 1.92. The zero-order valence-corrected chi connectivity index (χ0v) is 10.1. The number of nitrogens with zero attached hydrogens (tertiary/aromatic N) is 1. The first-order chi connectivity index (χ1) is 8.31. The van der Waals surface area contributed by atoms with E-state index in [1.807, 2.05) is 11.8 Å². The van der Waals surface area contributed by atoms with Crippen molar-refractivity contribution in [1.29, 1.82) is 0 Å². The van der Waals surface area contributed by atoms with Crippen molar-refractivity contribution in [2.24, 2.45) is 0 Å². The average Bonchev–Trinajstić information content (AvgIpc) is 2.38. The minimum absolute atomic E-state index is 0.0811. The van der Waals surface area contributed by atoms with E-state index in [-0.39, 0.29) is 24.7 Å². The number of hydrogen-bond donors (Lipinski definition) is 0. The molecule has 1 aromatic rings. The second-order valence-corrected chi connectivity index (χ2v) is 4.72. The van der Waals surface area contributed by atoms with Crippen LogP contribution in [0.3, 0.4) is 0 Å². The number of aryl methyl sites for hydroxylation is 1. The van der Waals surface area contributed by atoms with E-state index in [0.29, 0.717) is 0 Å². The number of benzene rings is 1. The lowest BCUT2D eigenvalue weighted by atomic mass is 9.84. The van der Waals surface area contributed by atoms with Gasteiger partial charge in [0.2, 0.25) is 5.91 Å². The smallest absolute Gasteiger partial charge is 0.248 e. The second-order valence-electron chi connectivity index (χ2n) is 4.72. The molecular weight excluding hydrogens is 214 g/mol. The van der Waals surface area contributed by atoms with E-state index >= 15 is 0 Å². The van der Waals surface area contributed by atoms with Gasteiger partial charge < -0.3 is 9.64 Å². The highest BCUT2D eigenvalue weighted by Crippen LogP contribution is 2.37. The van der Waals surface area contributed by atoms with Crippen LogP contribution < -0.4 is 0 Å². The van der Waals surface area contributed by atoms with Gasteiger partial charge in [-0.15, -0.1) is 0 Å². The molecule has 0 spiro atoms. The summed E-state index contributed by atoms with van der Waals surface area (Å²) in [7, 11) is 0. The summed E-state index contributed by atoms with van der Waals surface area (Å²) in [5.74, 6) is 0.133. The third-order valence-electron chi connectivity index (χ3n) is 3.87. The van der Waals surface area contributed by atoms with Crippen LogP contribution in [0.4, 0.5) is 0 Å². The summed E-state index contributed by atoms with van der Waals surface area (Å²) in [6, 6.07) is 8.66. The summed E-state index contributed by atoms with van der Waals surface area (Å²) in [6.07, 6.45) is 2.14. The highest BCUT2D eigenvalue weighted by atomic mass is 16.5. The van der Waals surface area contributed by atoms with Crippen LogP contribution in [0.15, 0.2) is 24.3 Å². The van der Waals surface area contributed by atoms with Gasteiger partial charge in [0, 0.05) is 6.54 Å². The Morgan fingerprint density at radius 2 is 2.24 bits per heavy atom. The summed E-state index contributed by atoms with van der Waals surface area (Å²) in [6.45, 7) is 3.05. The molecule has 90 valence electrons. The van der Waals surface area contributed by atoms with E-state index in [1.165, 1.54) is 11.1 Å². The lowest BCUT2D eigenvalue weighted by Crippen LogP contribution is -2.52. The third-order valence-corrected chi connectivity index (χ3v) is 3.87. The van der Waals surface area contributed by atoms with Gasteiger partial charge in [0.1, 0.15) is 12.7 Å². The maximum atomic E-state index is 11.8. The van der Waals surface area contributed by atoms with Gasteiger partial charge in [-0.25, -0.2) is 0 Å². The molecule has 0 bridgehead atoms. The largest absolute Gasteiger partial charge is 0.362 e. The Bertz CT molecular complexity index is 444. The van der Waals surface area contributed by atoms with Crippen molar-refractivity contribution in [3.8, 4) is 0 Å². The lowest BCUT2D eigenvalue weighted by Gasteiger charge is -2.43. The minimum atomic E-state index is 0.0811. The van der Waals surface area contributed by atoms with Gasteiger partial charge >= 0.3 is 0 Å². The Morgan fingerprint density at radius 1 is 1.41 bits per heavy atom. The number of ether oxygens (including phenoxy) is 1. The van der Waals surface area contributed by atoms with Crippen molar-refractivity contribution in [2.45, 2.75) is 31.9 Å². The van der Waals surface area contributed by atoms with Crippen molar-refractivity contribution in [1.82, 2.24) is 4.90 Å². The second kappa shape index (κ2) is 4.15. The van der Waals surface area contributed by atoms with E-state index in [0.717, 1.165) is 19.4 Å². The Hall–Kier alpha value is -1.35. The van der Waals surface area contributed by atoms with Crippen LogP contribution in [0.1, 0.15) is 30.6 Å². The molecule has 3 heteroatoms. The first-order valence-electron chi connectivity index (χ1n) is 6.30. The Labute approximate surface area is 101 Å². The number of likely N-dealkylation sites (N-methyl/N-ethyl adjacent to an activating group) is 1. The van der Waals surface area contributed by atoms with Crippen LogP contribution >= 0.6 is 0 Å². The third kappa shape index (κ3) is 1.65. The molecule has 0 radical (unpaired) electrons. The van der Waals surface area contributed by atoms with Crippen molar-refractivity contribution < 1.29 is 9.53 Å². The van der Waals surface area contributed by atoms with Crippen molar-refractivity contribution in [3.63, 3.8) is 0 Å². The van der Waals surface area contributed by atoms with Gasteiger partial charge in [-0.3, -0.25) is 4.79 Å². The van der Waals surface area contributed by atoms with E-state index in [4.69, 9.17) is 4.74 Å². The highest BCUT2D eigenvalue weighted by Gasteiger charge is 2.39. The van der Waals surface area contributed by atoms with Crippen LogP contribution in [0, 0.1) is 0 Å². The molecule has 2 atom stereocenters. The minimum Gasteiger partial charge on any atom is -0.362 e. The molecule has 1 aromatic carbocycles. The first kappa shape index (κ1) is 10.8. The molecule has 0 unspecified atom stereocenters. The average molecular weight is 231 g/mol. The molecule has 1 saturated heterocycles. The van der Waals surface area contributed by atoms with E-state index < -0.39 is 0 Å². The number of rotatable bonds is 1. The fourth-order valence-corrected chi connectivity index (χ4v) is 3.06. The molecule has 1 aliphatic carbocycles. The zero-order valence-electron chi connectivity index (χ0n) is 10.1. The van der Waals surface area contributed by atoms with Crippen molar-refractivity contribution in [3.05, 3.63) is 35.4 Å². The SMILES string of the molecule is CCN1C(=O)CO[C@@H]2c3ccccc3CC[C@H]21. The highest BCUT2D eigenvalue weighted by molar-refractivity contribution is 5.78. The van der Waals surface area contributed by atoms with Crippen LogP contribution in [-0.4, -0.2) is 30.0 Å². The maximum Gasteiger partial charge on any atom is 0.248 e. The summed E-state index contributed by atoms with van der Waals surface area (Å²) < 4.78 is 5.76. The molecule has 0 saturated carbocycles. The van der Waals surface area contributed by atoms with Gasteiger partial charge in [0.05, 0.1) is 6.04 Å². The molecule has 17 heavy (non-hydrogen) atoms. The van der Waals surface area contributed by atoms with Gasteiger partial charge in [-0.1, -0.05) is 24.3 Å². The Morgan fingerprint density at radius 3 is 3.06 bits per heavy atom. The number of carbonyl (C=O) groups is 1. The van der Waals surface area contributed by atoms with Crippen LogP contribution in [0.5, 0.6) is 0 Å². The van der Waals surface area contributed by atoms with E-state index in [1.54, 1.807) is 0 Å². The van der Waals surface area contributed by atoms with Gasteiger partial charge in [0.25, 0.3) is 0 Å². The fourth-order valence-electron chi connectivity index (χ4n) is 3.06. The standard InChI is InChI=1S/C14H17NO2/c1-2-15-12-8-7-10-5-3-4-6-11(10)14(12)17-9-13(15)16/h3-6,12,14H,2,7-9H2,1H3/t12-,14-/m1/s1. The summed E-state index contributed by atoms with van der Waals surface area (Å²) >= 11 is 0. The van der Waals surface area contributed by atoms with Gasteiger partial charge in [-0.05, 0) is 30.9 Å². The summed E-state index contributed by atoms with van der Waals surface area (Å²) in [5, 5.41) is 0. The quantitative estimate of drug-likeness (QED) is 0.739. The molecule has 2 aliphatic rings. The van der Waals surface area contributed by atoms with Gasteiger partial charge in [0.15, 0.2) is 0 Å². The topological polar surface area (TPSA) is 29.5 Å². The van der Waals surface area contributed by atoms with Crippen molar-refractivity contribution >= 4 is 5.91 Å². The molecule has 1 amide bonds. The maximum absolute atomic E-state index is 11.8. The molecule has 1 aliphatic heterocycles.